The van der Waals surface area contributed by atoms with Crippen LogP contribution in [-0.4, -0.2) is 6.04 Å². The third kappa shape index (κ3) is 2.34. The molecule has 0 aliphatic rings. The van der Waals surface area contributed by atoms with E-state index in [1.165, 1.54) is 10.9 Å². The average Bonchev–Trinajstić information content (AvgIpc) is 2.77. The number of hydrogen-bond donors (Lipinski definition) is 1. The van der Waals surface area contributed by atoms with Gasteiger partial charge in [0.25, 0.3) is 0 Å². The molecule has 0 amide bonds. The van der Waals surface area contributed by atoms with Gasteiger partial charge in [-0.05, 0) is 26.3 Å². The lowest BCUT2D eigenvalue weighted by molar-refractivity contribution is 0.432. The van der Waals surface area contributed by atoms with Gasteiger partial charge in [0.2, 0.25) is 0 Å². The SMILES string of the molecule is C=CC(C)NC(C)c1oc2ccccc2c1CC. The molecule has 96 valence electrons. The molecule has 1 N–H and O–H groups in total. The van der Waals surface area contributed by atoms with E-state index < -0.39 is 0 Å². The number of hydrogen-bond acceptors (Lipinski definition) is 2. The molecule has 0 radical (unpaired) electrons. The standard InChI is InChI=1S/C16H21NO/c1-5-11(3)17-12(4)16-13(6-2)14-9-7-8-10-15(14)18-16/h5,7-12,17H,1,6H2,2-4H3. The molecule has 0 fully saturated rings. The minimum Gasteiger partial charge on any atom is -0.459 e. The Morgan fingerprint density at radius 1 is 1.33 bits per heavy atom. The molecule has 0 saturated carbocycles. The fourth-order valence-corrected chi connectivity index (χ4v) is 2.37. The average molecular weight is 243 g/mol. The van der Waals surface area contributed by atoms with E-state index >= 15 is 0 Å². The van der Waals surface area contributed by atoms with Gasteiger partial charge < -0.3 is 9.73 Å². The summed E-state index contributed by atoms with van der Waals surface area (Å²) < 4.78 is 6.00. The van der Waals surface area contributed by atoms with E-state index in [4.69, 9.17) is 4.42 Å². The molecule has 1 aromatic carbocycles. The molecule has 2 nitrogen and oxygen atoms in total. The predicted molar refractivity (Wildman–Crippen MR) is 76.8 cm³/mol. The van der Waals surface area contributed by atoms with Crippen LogP contribution >= 0.6 is 0 Å². The van der Waals surface area contributed by atoms with Gasteiger partial charge in [-0.2, -0.15) is 0 Å². The van der Waals surface area contributed by atoms with E-state index in [1.807, 2.05) is 18.2 Å². The van der Waals surface area contributed by atoms with Crippen LogP contribution in [0.25, 0.3) is 11.0 Å². The summed E-state index contributed by atoms with van der Waals surface area (Å²) in [4.78, 5) is 0. The van der Waals surface area contributed by atoms with Crippen LogP contribution in [0.3, 0.4) is 0 Å². The van der Waals surface area contributed by atoms with Crippen molar-refractivity contribution in [1.29, 1.82) is 0 Å². The molecule has 0 saturated heterocycles. The van der Waals surface area contributed by atoms with Crippen molar-refractivity contribution in [2.75, 3.05) is 0 Å². The highest BCUT2D eigenvalue weighted by atomic mass is 16.3. The second-order valence-corrected chi connectivity index (χ2v) is 4.71. The lowest BCUT2D eigenvalue weighted by Crippen LogP contribution is -2.27. The second-order valence-electron chi connectivity index (χ2n) is 4.71. The van der Waals surface area contributed by atoms with Gasteiger partial charge in [0.05, 0.1) is 6.04 Å². The Hall–Kier alpha value is -1.54. The number of nitrogens with one attached hydrogen (secondary N) is 1. The van der Waals surface area contributed by atoms with Gasteiger partial charge in [-0.3, -0.25) is 0 Å². The molecule has 0 bridgehead atoms. The van der Waals surface area contributed by atoms with Gasteiger partial charge in [-0.15, -0.1) is 6.58 Å². The second kappa shape index (κ2) is 5.40. The number of para-hydroxylation sites is 1. The van der Waals surface area contributed by atoms with Crippen molar-refractivity contribution in [3.8, 4) is 0 Å². The van der Waals surface area contributed by atoms with E-state index in [9.17, 15) is 0 Å². The van der Waals surface area contributed by atoms with Crippen LogP contribution in [0.15, 0.2) is 41.3 Å². The van der Waals surface area contributed by atoms with Crippen molar-refractivity contribution < 1.29 is 4.42 Å². The third-order valence-corrected chi connectivity index (χ3v) is 3.34. The Bertz CT molecular complexity index is 541. The maximum atomic E-state index is 6.00. The van der Waals surface area contributed by atoms with Crippen molar-refractivity contribution >= 4 is 11.0 Å². The number of fused-ring (bicyclic) bond motifs is 1. The lowest BCUT2D eigenvalue weighted by atomic mass is 10.0. The molecule has 1 aromatic heterocycles. The summed E-state index contributed by atoms with van der Waals surface area (Å²) in [5, 5.41) is 4.70. The van der Waals surface area contributed by atoms with Crippen LogP contribution in [0.2, 0.25) is 0 Å². The first-order chi connectivity index (χ1) is 8.67. The molecule has 1 heterocycles. The monoisotopic (exact) mass is 243 g/mol. The van der Waals surface area contributed by atoms with Crippen LogP contribution < -0.4 is 5.32 Å². The van der Waals surface area contributed by atoms with Crippen molar-refractivity contribution in [1.82, 2.24) is 5.32 Å². The maximum absolute atomic E-state index is 6.00. The van der Waals surface area contributed by atoms with Crippen LogP contribution in [0.5, 0.6) is 0 Å². The third-order valence-electron chi connectivity index (χ3n) is 3.34. The highest BCUT2D eigenvalue weighted by Gasteiger charge is 2.18. The van der Waals surface area contributed by atoms with Gasteiger partial charge in [-0.1, -0.05) is 31.2 Å². The van der Waals surface area contributed by atoms with Gasteiger partial charge in [-0.25, -0.2) is 0 Å². The predicted octanol–water partition coefficient (Wildman–Crippen LogP) is 4.22. The molecule has 2 atom stereocenters. The largest absolute Gasteiger partial charge is 0.459 e. The molecular weight excluding hydrogens is 222 g/mol. The Morgan fingerprint density at radius 2 is 2.06 bits per heavy atom. The number of rotatable bonds is 5. The zero-order valence-corrected chi connectivity index (χ0v) is 11.4. The Labute approximate surface area is 109 Å². The molecule has 0 spiro atoms. The first kappa shape index (κ1) is 12.9. The van der Waals surface area contributed by atoms with Crippen LogP contribution in [0, 0.1) is 0 Å². The summed E-state index contributed by atoms with van der Waals surface area (Å²) in [5.74, 6) is 1.05. The van der Waals surface area contributed by atoms with Crippen molar-refractivity contribution in [3.63, 3.8) is 0 Å². The minimum absolute atomic E-state index is 0.195. The Morgan fingerprint density at radius 3 is 2.72 bits per heavy atom. The first-order valence-corrected chi connectivity index (χ1v) is 6.56. The normalized spacial score (nSPS) is 14.6. The molecule has 2 rings (SSSR count). The Kier molecular flexibility index (Phi) is 3.87. The maximum Gasteiger partial charge on any atom is 0.134 e. The van der Waals surface area contributed by atoms with Crippen LogP contribution in [-0.2, 0) is 6.42 Å². The molecule has 2 aromatic rings. The molecule has 0 aliphatic carbocycles. The molecule has 0 aliphatic heterocycles. The number of aryl methyl sites for hydroxylation is 1. The van der Waals surface area contributed by atoms with Crippen molar-refractivity contribution in [3.05, 3.63) is 48.2 Å². The van der Waals surface area contributed by atoms with Crippen molar-refractivity contribution in [2.45, 2.75) is 39.3 Å². The highest BCUT2D eigenvalue weighted by molar-refractivity contribution is 5.82. The van der Waals surface area contributed by atoms with E-state index in [0.717, 1.165) is 17.8 Å². The highest BCUT2D eigenvalue weighted by Crippen LogP contribution is 2.30. The molecular formula is C16H21NO. The number of benzene rings is 1. The van der Waals surface area contributed by atoms with Gasteiger partial charge in [0, 0.05) is 17.0 Å². The lowest BCUT2D eigenvalue weighted by Gasteiger charge is -2.16. The number of furan rings is 1. The zero-order chi connectivity index (χ0) is 13.1. The summed E-state index contributed by atoms with van der Waals surface area (Å²) in [5.41, 5.74) is 2.28. The molecule has 18 heavy (non-hydrogen) atoms. The fourth-order valence-electron chi connectivity index (χ4n) is 2.37. The zero-order valence-electron chi connectivity index (χ0n) is 11.4. The smallest absolute Gasteiger partial charge is 0.134 e. The minimum atomic E-state index is 0.195. The fraction of sp³-hybridized carbons (Fsp3) is 0.375. The van der Waals surface area contributed by atoms with Crippen LogP contribution in [0.4, 0.5) is 0 Å². The van der Waals surface area contributed by atoms with E-state index in [2.05, 4.69) is 44.8 Å². The van der Waals surface area contributed by atoms with E-state index in [1.54, 1.807) is 0 Å². The molecule has 2 unspecified atom stereocenters. The Balaban J connectivity index is 2.40. The summed E-state index contributed by atoms with van der Waals surface area (Å²) >= 11 is 0. The summed E-state index contributed by atoms with van der Waals surface area (Å²) in [6, 6.07) is 8.70. The van der Waals surface area contributed by atoms with Gasteiger partial charge in [0.1, 0.15) is 11.3 Å². The quantitative estimate of drug-likeness (QED) is 0.795. The van der Waals surface area contributed by atoms with Crippen LogP contribution in [0.1, 0.15) is 38.1 Å². The summed E-state index contributed by atoms with van der Waals surface area (Å²) in [6.07, 6.45) is 2.89. The van der Waals surface area contributed by atoms with Gasteiger partial charge in [0.15, 0.2) is 0 Å². The summed E-state index contributed by atoms with van der Waals surface area (Å²) in [7, 11) is 0. The summed E-state index contributed by atoms with van der Waals surface area (Å²) in [6.45, 7) is 10.2. The molecule has 2 heteroatoms. The van der Waals surface area contributed by atoms with E-state index in [0.29, 0.717) is 0 Å². The van der Waals surface area contributed by atoms with E-state index in [-0.39, 0.29) is 12.1 Å². The van der Waals surface area contributed by atoms with Crippen molar-refractivity contribution in [2.24, 2.45) is 0 Å². The first-order valence-electron chi connectivity index (χ1n) is 6.56. The van der Waals surface area contributed by atoms with Gasteiger partial charge >= 0.3 is 0 Å². The topological polar surface area (TPSA) is 25.2 Å².